The van der Waals surface area contributed by atoms with Gasteiger partial charge in [-0.25, -0.2) is 4.83 Å². The van der Waals surface area contributed by atoms with Crippen molar-refractivity contribution in [3.05, 3.63) is 24.3 Å². The molecule has 1 aliphatic carbocycles. The summed E-state index contributed by atoms with van der Waals surface area (Å²) in [5.41, 5.74) is 0.663. The Morgan fingerprint density at radius 3 is 2.67 bits per heavy atom. The number of hydrazone groups is 1. The summed E-state index contributed by atoms with van der Waals surface area (Å²) in [6.45, 7) is 2.10. The molecule has 0 saturated heterocycles. The van der Waals surface area contributed by atoms with Crippen LogP contribution in [0.5, 0.6) is 5.75 Å². The van der Waals surface area contributed by atoms with Gasteiger partial charge in [0.2, 0.25) is 0 Å². The first-order valence-corrected chi connectivity index (χ1v) is 9.32. The van der Waals surface area contributed by atoms with Crippen molar-refractivity contribution < 1.29 is 22.7 Å². The number of ether oxygens (including phenoxy) is 2. The Labute approximate surface area is 142 Å². The van der Waals surface area contributed by atoms with E-state index in [0.29, 0.717) is 30.9 Å². The molecule has 8 heteroatoms. The highest BCUT2D eigenvalue weighted by atomic mass is 32.2. The lowest BCUT2D eigenvalue weighted by atomic mass is 9.88. The predicted octanol–water partition coefficient (Wildman–Crippen LogP) is 2.08. The number of sulfonamides is 1. The van der Waals surface area contributed by atoms with Crippen LogP contribution in [0, 0.1) is 5.92 Å². The molecule has 0 aliphatic heterocycles. The largest absolute Gasteiger partial charge is 0.497 e. The fourth-order valence-electron chi connectivity index (χ4n) is 2.54. The second kappa shape index (κ2) is 8.14. The smallest absolute Gasteiger partial charge is 0.309 e. The molecule has 0 aromatic heterocycles. The van der Waals surface area contributed by atoms with Crippen LogP contribution in [0.3, 0.4) is 0 Å². The Hall–Kier alpha value is -2.09. The summed E-state index contributed by atoms with van der Waals surface area (Å²) >= 11 is 0. The van der Waals surface area contributed by atoms with E-state index >= 15 is 0 Å². The predicted molar refractivity (Wildman–Crippen MR) is 89.3 cm³/mol. The standard InChI is InChI=1S/C16H22N2O5S/c1-3-23-16(19)12-5-4-6-13(11-12)17-18-24(20,21)15-9-7-14(22-2)8-10-15/h7-10,12,18H,3-6,11H2,1-2H3/b17-13-. The molecule has 0 radical (unpaired) electrons. The number of esters is 1. The van der Waals surface area contributed by atoms with Gasteiger partial charge in [-0.2, -0.15) is 13.5 Å². The van der Waals surface area contributed by atoms with E-state index in [9.17, 15) is 13.2 Å². The quantitative estimate of drug-likeness (QED) is 0.623. The van der Waals surface area contributed by atoms with Gasteiger partial charge in [0.1, 0.15) is 5.75 Å². The van der Waals surface area contributed by atoms with E-state index in [1.807, 2.05) is 0 Å². The molecule has 1 unspecified atom stereocenters. The molecule has 1 atom stereocenters. The molecule has 1 aromatic rings. The van der Waals surface area contributed by atoms with E-state index in [1.54, 1.807) is 19.1 Å². The number of hydrogen-bond donors (Lipinski definition) is 1. The number of nitrogens with one attached hydrogen (secondary N) is 1. The average Bonchev–Trinajstić information content (AvgIpc) is 2.60. The van der Waals surface area contributed by atoms with Crippen molar-refractivity contribution in [3.63, 3.8) is 0 Å². The maximum atomic E-state index is 12.2. The molecule has 1 aliphatic rings. The van der Waals surface area contributed by atoms with Gasteiger partial charge >= 0.3 is 5.97 Å². The van der Waals surface area contributed by atoms with Crippen molar-refractivity contribution in [1.82, 2.24) is 4.83 Å². The van der Waals surface area contributed by atoms with Gasteiger partial charge in [-0.1, -0.05) is 0 Å². The maximum Gasteiger partial charge on any atom is 0.309 e. The van der Waals surface area contributed by atoms with Crippen molar-refractivity contribution >= 4 is 21.7 Å². The van der Waals surface area contributed by atoms with Gasteiger partial charge in [-0.3, -0.25) is 4.79 Å². The zero-order valence-electron chi connectivity index (χ0n) is 13.8. The molecule has 7 nitrogen and oxygen atoms in total. The van der Waals surface area contributed by atoms with Gasteiger partial charge < -0.3 is 9.47 Å². The number of rotatable bonds is 6. The Kier molecular flexibility index (Phi) is 6.19. The lowest BCUT2D eigenvalue weighted by molar-refractivity contribution is -0.148. The molecule has 1 N–H and O–H groups in total. The SMILES string of the molecule is CCOC(=O)C1CCC/C(=N/NS(=O)(=O)c2ccc(OC)cc2)C1. The minimum Gasteiger partial charge on any atom is -0.497 e. The van der Waals surface area contributed by atoms with Crippen LogP contribution in [-0.2, 0) is 19.6 Å². The molecule has 0 bridgehead atoms. The molecule has 0 amide bonds. The normalized spacial score (nSPS) is 19.8. The Bertz CT molecular complexity index is 698. The highest BCUT2D eigenvalue weighted by Crippen LogP contribution is 2.23. The van der Waals surface area contributed by atoms with Gasteiger partial charge in [0.05, 0.1) is 24.5 Å². The highest BCUT2D eigenvalue weighted by Gasteiger charge is 2.26. The number of benzene rings is 1. The number of methoxy groups -OCH3 is 1. The van der Waals surface area contributed by atoms with Gasteiger partial charge in [0.15, 0.2) is 0 Å². The molecule has 1 fully saturated rings. The third-order valence-corrected chi connectivity index (χ3v) is 5.04. The summed E-state index contributed by atoms with van der Waals surface area (Å²) < 4.78 is 34.5. The summed E-state index contributed by atoms with van der Waals surface area (Å²) in [4.78, 5) is 14.1. The second-order valence-corrected chi connectivity index (χ2v) is 7.15. The van der Waals surface area contributed by atoms with Crippen molar-refractivity contribution in [2.75, 3.05) is 13.7 Å². The monoisotopic (exact) mass is 354 g/mol. The van der Waals surface area contributed by atoms with Crippen LogP contribution < -0.4 is 9.57 Å². The molecule has 132 valence electrons. The van der Waals surface area contributed by atoms with E-state index in [1.165, 1.54) is 19.2 Å². The minimum absolute atomic E-state index is 0.102. The number of hydrogen-bond acceptors (Lipinski definition) is 6. The van der Waals surface area contributed by atoms with Crippen LogP contribution in [0.1, 0.15) is 32.6 Å². The first-order valence-electron chi connectivity index (χ1n) is 7.84. The van der Waals surface area contributed by atoms with Crippen LogP contribution in [0.4, 0.5) is 0 Å². The summed E-state index contributed by atoms with van der Waals surface area (Å²) in [6, 6.07) is 6.03. The molecular weight excluding hydrogens is 332 g/mol. The van der Waals surface area contributed by atoms with Gasteiger partial charge in [0.25, 0.3) is 10.0 Å². The van der Waals surface area contributed by atoms with Crippen molar-refractivity contribution in [3.8, 4) is 5.75 Å². The van der Waals surface area contributed by atoms with Crippen LogP contribution in [0.2, 0.25) is 0 Å². The van der Waals surface area contributed by atoms with Gasteiger partial charge in [-0.05, 0) is 50.5 Å². The van der Waals surface area contributed by atoms with Crippen LogP contribution in [0.25, 0.3) is 0 Å². The Morgan fingerprint density at radius 1 is 1.33 bits per heavy atom. The van der Waals surface area contributed by atoms with E-state index in [-0.39, 0.29) is 16.8 Å². The van der Waals surface area contributed by atoms with E-state index in [0.717, 1.165) is 12.8 Å². The number of nitrogens with zero attached hydrogens (tertiary/aromatic N) is 1. The maximum absolute atomic E-state index is 12.2. The lowest BCUT2D eigenvalue weighted by Crippen LogP contribution is -2.27. The van der Waals surface area contributed by atoms with Gasteiger partial charge in [0, 0.05) is 12.1 Å². The Balaban J connectivity index is 2.03. The molecule has 0 heterocycles. The van der Waals surface area contributed by atoms with Crippen molar-refractivity contribution in [2.24, 2.45) is 11.0 Å². The summed E-state index contributed by atoms with van der Waals surface area (Å²) in [7, 11) is -2.23. The summed E-state index contributed by atoms with van der Waals surface area (Å²) in [5, 5.41) is 4.01. The van der Waals surface area contributed by atoms with Crippen molar-refractivity contribution in [1.29, 1.82) is 0 Å². The van der Waals surface area contributed by atoms with Crippen LogP contribution in [-0.4, -0.2) is 33.8 Å². The molecule has 1 saturated carbocycles. The zero-order valence-corrected chi connectivity index (χ0v) is 14.6. The zero-order chi connectivity index (χ0) is 17.6. The average molecular weight is 354 g/mol. The molecule has 1 aromatic carbocycles. The summed E-state index contributed by atoms with van der Waals surface area (Å²) in [5.74, 6) is 0.0793. The topological polar surface area (TPSA) is 94.1 Å². The molecular formula is C16H22N2O5S. The van der Waals surface area contributed by atoms with Crippen LogP contribution >= 0.6 is 0 Å². The fraction of sp³-hybridized carbons (Fsp3) is 0.500. The molecule has 2 rings (SSSR count). The van der Waals surface area contributed by atoms with Crippen molar-refractivity contribution in [2.45, 2.75) is 37.5 Å². The molecule has 24 heavy (non-hydrogen) atoms. The van der Waals surface area contributed by atoms with E-state index in [2.05, 4.69) is 9.93 Å². The first-order chi connectivity index (χ1) is 11.5. The second-order valence-electron chi connectivity index (χ2n) is 5.49. The fourth-order valence-corrected chi connectivity index (χ4v) is 3.39. The lowest BCUT2D eigenvalue weighted by Gasteiger charge is -2.21. The number of carbonyl (C=O) groups is 1. The van der Waals surface area contributed by atoms with E-state index in [4.69, 9.17) is 9.47 Å². The van der Waals surface area contributed by atoms with Gasteiger partial charge in [-0.15, -0.1) is 0 Å². The third-order valence-electron chi connectivity index (χ3n) is 3.81. The molecule has 0 spiro atoms. The first kappa shape index (κ1) is 18.3. The van der Waals surface area contributed by atoms with Crippen LogP contribution in [0.15, 0.2) is 34.3 Å². The number of carbonyl (C=O) groups excluding carboxylic acids is 1. The summed E-state index contributed by atoms with van der Waals surface area (Å²) in [6.07, 6.45) is 2.61. The minimum atomic E-state index is -3.74. The Morgan fingerprint density at radius 2 is 2.04 bits per heavy atom. The highest BCUT2D eigenvalue weighted by molar-refractivity contribution is 7.89. The van der Waals surface area contributed by atoms with E-state index < -0.39 is 10.0 Å². The third kappa shape index (κ3) is 4.70.